The van der Waals surface area contributed by atoms with E-state index in [9.17, 15) is 4.79 Å². The van der Waals surface area contributed by atoms with Crippen LogP contribution < -0.4 is 5.56 Å². The van der Waals surface area contributed by atoms with Gasteiger partial charge < -0.3 is 4.98 Å². The molecule has 0 aromatic carbocycles. The van der Waals surface area contributed by atoms with Gasteiger partial charge in [0.15, 0.2) is 11.6 Å². The van der Waals surface area contributed by atoms with Gasteiger partial charge in [0, 0.05) is 11.8 Å². The van der Waals surface area contributed by atoms with Crippen LogP contribution in [0.2, 0.25) is 0 Å². The third-order valence-corrected chi connectivity index (χ3v) is 1.94. The van der Waals surface area contributed by atoms with Crippen molar-refractivity contribution in [3.8, 4) is 11.6 Å². The highest BCUT2D eigenvalue weighted by Crippen LogP contribution is 2.06. The van der Waals surface area contributed by atoms with Crippen LogP contribution in [0.5, 0.6) is 0 Å². The van der Waals surface area contributed by atoms with Gasteiger partial charge in [-0.25, -0.2) is 9.97 Å². The molecule has 0 saturated carbocycles. The van der Waals surface area contributed by atoms with Crippen LogP contribution in [0.25, 0.3) is 11.6 Å². The van der Waals surface area contributed by atoms with Gasteiger partial charge in [-0.2, -0.15) is 5.10 Å². The zero-order chi connectivity index (χ0) is 10.7. The Balaban J connectivity index is 2.44. The smallest absolute Gasteiger partial charge is 0.251 e. The first-order chi connectivity index (χ1) is 7.29. The maximum Gasteiger partial charge on any atom is 0.251 e. The van der Waals surface area contributed by atoms with E-state index in [0.717, 1.165) is 18.5 Å². The van der Waals surface area contributed by atoms with Gasteiger partial charge in [0.2, 0.25) is 0 Å². The van der Waals surface area contributed by atoms with Gasteiger partial charge >= 0.3 is 0 Å². The standard InChI is InChI=1S/C9H11N5O/c1-2-3-6-4-7(15)13-9(12-6)8-10-5-11-14-8/h4-5H,2-3H2,1H3,(H,10,11,14)(H,12,13,15). The van der Waals surface area contributed by atoms with E-state index in [2.05, 4.69) is 25.1 Å². The van der Waals surface area contributed by atoms with Crippen LogP contribution in [0, 0.1) is 0 Å². The first-order valence-corrected chi connectivity index (χ1v) is 4.75. The molecule has 0 aliphatic heterocycles. The van der Waals surface area contributed by atoms with Gasteiger partial charge in [0.25, 0.3) is 5.56 Å². The second-order valence-corrected chi connectivity index (χ2v) is 3.17. The molecule has 0 spiro atoms. The molecule has 6 nitrogen and oxygen atoms in total. The van der Waals surface area contributed by atoms with E-state index >= 15 is 0 Å². The molecular formula is C9H11N5O. The summed E-state index contributed by atoms with van der Waals surface area (Å²) in [7, 11) is 0. The maximum atomic E-state index is 11.3. The zero-order valence-corrected chi connectivity index (χ0v) is 8.32. The van der Waals surface area contributed by atoms with Crippen molar-refractivity contribution < 1.29 is 0 Å². The normalized spacial score (nSPS) is 10.5. The van der Waals surface area contributed by atoms with Crippen LogP contribution in [-0.4, -0.2) is 25.1 Å². The Bertz CT molecular complexity index is 487. The number of aryl methyl sites for hydroxylation is 1. The van der Waals surface area contributed by atoms with Gasteiger partial charge in [-0.05, 0) is 6.42 Å². The number of nitrogens with zero attached hydrogens (tertiary/aromatic N) is 3. The summed E-state index contributed by atoms with van der Waals surface area (Å²) in [4.78, 5) is 22.1. The molecule has 0 aliphatic rings. The fraction of sp³-hybridized carbons (Fsp3) is 0.333. The second-order valence-electron chi connectivity index (χ2n) is 3.17. The monoisotopic (exact) mass is 205 g/mol. The Kier molecular flexibility index (Phi) is 2.57. The molecule has 15 heavy (non-hydrogen) atoms. The molecule has 2 rings (SSSR count). The molecule has 0 unspecified atom stereocenters. The molecule has 2 aromatic heterocycles. The highest BCUT2D eigenvalue weighted by Gasteiger charge is 2.05. The van der Waals surface area contributed by atoms with Crippen molar-refractivity contribution in [3.05, 3.63) is 28.4 Å². The van der Waals surface area contributed by atoms with Gasteiger partial charge in [-0.15, -0.1) is 0 Å². The molecule has 2 aromatic rings. The van der Waals surface area contributed by atoms with Crippen LogP contribution >= 0.6 is 0 Å². The van der Waals surface area contributed by atoms with E-state index in [1.807, 2.05) is 6.92 Å². The minimum atomic E-state index is -0.167. The molecule has 0 bridgehead atoms. The number of H-pyrrole nitrogens is 2. The third-order valence-electron chi connectivity index (χ3n) is 1.94. The summed E-state index contributed by atoms with van der Waals surface area (Å²) in [5.41, 5.74) is 0.604. The van der Waals surface area contributed by atoms with Crippen molar-refractivity contribution in [2.24, 2.45) is 0 Å². The predicted molar refractivity (Wildman–Crippen MR) is 54.2 cm³/mol. The van der Waals surface area contributed by atoms with Crippen molar-refractivity contribution >= 4 is 0 Å². The number of nitrogens with one attached hydrogen (secondary N) is 2. The van der Waals surface area contributed by atoms with Gasteiger partial charge in [-0.1, -0.05) is 13.3 Å². The average Bonchev–Trinajstić information content (AvgIpc) is 2.70. The van der Waals surface area contributed by atoms with Gasteiger partial charge in [0.1, 0.15) is 6.33 Å². The van der Waals surface area contributed by atoms with Crippen LogP contribution in [-0.2, 0) is 6.42 Å². The minimum Gasteiger partial charge on any atom is -0.304 e. The molecular weight excluding hydrogens is 194 g/mol. The molecule has 0 saturated heterocycles. The lowest BCUT2D eigenvalue weighted by atomic mass is 10.2. The Morgan fingerprint density at radius 2 is 2.27 bits per heavy atom. The highest BCUT2D eigenvalue weighted by molar-refractivity contribution is 5.41. The predicted octanol–water partition coefficient (Wildman–Crippen LogP) is 0.507. The van der Waals surface area contributed by atoms with Crippen LogP contribution in [0.3, 0.4) is 0 Å². The summed E-state index contributed by atoms with van der Waals surface area (Å²) in [6, 6.07) is 1.50. The third kappa shape index (κ3) is 2.09. The summed E-state index contributed by atoms with van der Waals surface area (Å²) < 4.78 is 0. The van der Waals surface area contributed by atoms with Crippen molar-refractivity contribution in [2.45, 2.75) is 19.8 Å². The summed E-state index contributed by atoms with van der Waals surface area (Å²) in [5, 5.41) is 6.36. The zero-order valence-electron chi connectivity index (χ0n) is 8.32. The average molecular weight is 205 g/mol. The Morgan fingerprint density at radius 1 is 1.40 bits per heavy atom. The number of rotatable bonds is 3. The molecule has 78 valence electrons. The van der Waals surface area contributed by atoms with Crippen molar-refractivity contribution in [3.63, 3.8) is 0 Å². The van der Waals surface area contributed by atoms with E-state index in [1.165, 1.54) is 12.4 Å². The van der Waals surface area contributed by atoms with Crippen LogP contribution in [0.4, 0.5) is 0 Å². The van der Waals surface area contributed by atoms with E-state index in [1.54, 1.807) is 0 Å². The lowest BCUT2D eigenvalue weighted by Gasteiger charge is -1.99. The topological polar surface area (TPSA) is 87.3 Å². The summed E-state index contributed by atoms with van der Waals surface area (Å²) in [6.45, 7) is 2.04. The molecule has 6 heteroatoms. The fourth-order valence-electron chi connectivity index (χ4n) is 1.32. The molecule has 2 heterocycles. The van der Waals surface area contributed by atoms with Crippen molar-refractivity contribution in [2.75, 3.05) is 0 Å². The summed E-state index contributed by atoms with van der Waals surface area (Å²) in [6.07, 6.45) is 3.11. The van der Waals surface area contributed by atoms with E-state index in [4.69, 9.17) is 0 Å². The molecule has 0 amide bonds. The molecule has 0 radical (unpaired) electrons. The second kappa shape index (κ2) is 4.04. The number of aromatic amines is 2. The summed E-state index contributed by atoms with van der Waals surface area (Å²) in [5.74, 6) is 0.911. The Labute approximate surface area is 85.8 Å². The quantitative estimate of drug-likeness (QED) is 0.764. The van der Waals surface area contributed by atoms with Crippen LogP contribution in [0.15, 0.2) is 17.2 Å². The molecule has 2 N–H and O–H groups in total. The summed E-state index contributed by atoms with van der Waals surface area (Å²) >= 11 is 0. The first-order valence-electron chi connectivity index (χ1n) is 4.75. The lowest BCUT2D eigenvalue weighted by Crippen LogP contribution is -2.10. The Hall–Kier alpha value is -1.98. The maximum absolute atomic E-state index is 11.3. The largest absolute Gasteiger partial charge is 0.304 e. The molecule has 0 fully saturated rings. The number of hydrogen-bond acceptors (Lipinski definition) is 4. The fourth-order valence-corrected chi connectivity index (χ4v) is 1.32. The number of hydrogen-bond donors (Lipinski definition) is 2. The van der Waals surface area contributed by atoms with Gasteiger partial charge in [-0.3, -0.25) is 9.89 Å². The molecule has 0 atom stereocenters. The molecule has 0 aliphatic carbocycles. The van der Waals surface area contributed by atoms with Crippen molar-refractivity contribution in [1.29, 1.82) is 0 Å². The lowest BCUT2D eigenvalue weighted by molar-refractivity contribution is 0.866. The number of aromatic nitrogens is 5. The van der Waals surface area contributed by atoms with Crippen molar-refractivity contribution in [1.82, 2.24) is 25.1 Å². The minimum absolute atomic E-state index is 0.167. The van der Waals surface area contributed by atoms with E-state index in [0.29, 0.717) is 11.6 Å². The first kappa shape index (κ1) is 9.57. The van der Waals surface area contributed by atoms with Gasteiger partial charge in [0.05, 0.1) is 0 Å². The van der Waals surface area contributed by atoms with Crippen LogP contribution in [0.1, 0.15) is 19.0 Å². The highest BCUT2D eigenvalue weighted by atomic mass is 16.1. The SMILES string of the molecule is CCCc1cc(=O)[nH]c(-c2ncn[nH]2)n1. The van der Waals surface area contributed by atoms with E-state index < -0.39 is 0 Å². The van der Waals surface area contributed by atoms with E-state index in [-0.39, 0.29) is 5.56 Å². The Morgan fingerprint density at radius 3 is 2.93 bits per heavy atom.